The Hall–Kier alpha value is -9.14. The van der Waals surface area contributed by atoms with Crippen LogP contribution in [0.25, 0.3) is 67.4 Å². The highest BCUT2D eigenvalue weighted by Crippen LogP contribution is 2.40. The minimum Gasteiger partial charge on any atom is -0.311 e. The van der Waals surface area contributed by atoms with Gasteiger partial charge < -0.3 is 18.6 Å². The number of aromatic nitrogens is 6. The van der Waals surface area contributed by atoms with Gasteiger partial charge in [-0.05, 0) is 134 Å². The van der Waals surface area contributed by atoms with Crippen LogP contribution in [0.3, 0.4) is 0 Å². The zero-order valence-electron chi connectivity index (χ0n) is 37.5. The van der Waals surface area contributed by atoms with Gasteiger partial charge in [0.15, 0.2) is 0 Å². The van der Waals surface area contributed by atoms with Crippen LogP contribution in [0.15, 0.2) is 231 Å². The van der Waals surface area contributed by atoms with E-state index >= 15 is 0 Å². The monoisotopic (exact) mass is 876 g/mol. The Kier molecular flexibility index (Phi) is 10.1. The molecule has 8 heteroatoms. The number of imidazole rings is 2. The normalized spacial score (nSPS) is 11.4. The average molecular weight is 877 g/mol. The Morgan fingerprint density at radius 2 is 0.647 bits per heavy atom. The summed E-state index contributed by atoms with van der Waals surface area (Å²) in [7, 11) is 0. The molecule has 0 saturated carbocycles. The highest BCUT2D eigenvalue weighted by Gasteiger charge is 2.19. The second-order valence-electron chi connectivity index (χ2n) is 17.1. The van der Waals surface area contributed by atoms with E-state index in [-0.39, 0.29) is 0 Å². The number of nitrogens with zero attached hydrogens (tertiary/aromatic N) is 8. The molecule has 0 saturated heterocycles. The van der Waals surface area contributed by atoms with Gasteiger partial charge in [-0.25, -0.2) is 19.9 Å². The molecule has 8 nitrogen and oxygen atoms in total. The molecule has 5 heterocycles. The molecule has 0 aliphatic rings. The number of rotatable bonds is 10. The highest BCUT2D eigenvalue weighted by atomic mass is 15.1. The van der Waals surface area contributed by atoms with Crippen LogP contribution in [0.1, 0.15) is 11.1 Å². The summed E-state index contributed by atoms with van der Waals surface area (Å²) in [5.74, 6) is 0. The van der Waals surface area contributed by atoms with Gasteiger partial charge in [-0.3, -0.25) is 0 Å². The standard InChI is InChI=1S/C60H44N8/c1-41-37-53-54(38-42(41)2)64-60(46-25-33-52(34-26-46)68(48-15-7-4-8-16-48)50-29-21-44(22-30-50)56-40-66-36-12-10-18-58(66)62-56)59(63-53)45-23-31-51(32-24-45)67(47-13-5-3-6-14-47)49-27-19-43(20-28-49)55-39-65-35-11-9-17-57(65)61-55/h3-40H,1-2H3. The minimum absolute atomic E-state index is 0.825. The molecule has 0 spiro atoms. The van der Waals surface area contributed by atoms with Gasteiger partial charge in [0, 0.05) is 81.2 Å². The Balaban J connectivity index is 0.899. The lowest BCUT2D eigenvalue weighted by molar-refractivity contribution is 1.19. The van der Waals surface area contributed by atoms with E-state index < -0.39 is 0 Å². The van der Waals surface area contributed by atoms with Crippen molar-refractivity contribution in [1.82, 2.24) is 28.7 Å². The first-order valence-corrected chi connectivity index (χ1v) is 22.8. The zero-order chi connectivity index (χ0) is 45.6. The summed E-state index contributed by atoms with van der Waals surface area (Å²) in [6.45, 7) is 4.26. The maximum absolute atomic E-state index is 5.37. The largest absolute Gasteiger partial charge is 0.311 e. The molecule has 12 aromatic rings. The van der Waals surface area contributed by atoms with Crippen molar-refractivity contribution in [1.29, 1.82) is 0 Å². The highest BCUT2D eigenvalue weighted by molar-refractivity contribution is 5.89. The zero-order valence-corrected chi connectivity index (χ0v) is 37.5. The number of anilines is 6. The van der Waals surface area contributed by atoms with Gasteiger partial charge in [0.1, 0.15) is 11.3 Å². The summed E-state index contributed by atoms with van der Waals surface area (Å²) in [5, 5.41) is 0. The second kappa shape index (κ2) is 17.0. The molecule has 0 radical (unpaired) electrons. The number of benzene rings is 7. The average Bonchev–Trinajstić information content (AvgIpc) is 4.04. The summed E-state index contributed by atoms with van der Waals surface area (Å²) in [5.41, 5.74) is 19.8. The van der Waals surface area contributed by atoms with Crippen LogP contribution in [0.5, 0.6) is 0 Å². The third-order valence-electron chi connectivity index (χ3n) is 12.7. The van der Waals surface area contributed by atoms with E-state index in [2.05, 4.69) is 203 Å². The summed E-state index contributed by atoms with van der Waals surface area (Å²) in [4.78, 5) is 25.0. The van der Waals surface area contributed by atoms with Crippen molar-refractivity contribution in [3.05, 3.63) is 242 Å². The molecule has 68 heavy (non-hydrogen) atoms. The Labute approximate surface area is 394 Å². The maximum atomic E-state index is 5.37. The van der Waals surface area contributed by atoms with Crippen molar-refractivity contribution in [3.8, 4) is 45.0 Å². The number of fused-ring (bicyclic) bond motifs is 3. The molecule has 7 aromatic carbocycles. The molecule has 12 rings (SSSR count). The number of aryl methyl sites for hydroxylation is 2. The topological polar surface area (TPSA) is 66.9 Å². The molecule has 0 atom stereocenters. The second-order valence-corrected chi connectivity index (χ2v) is 17.1. The van der Waals surface area contributed by atoms with Crippen LogP contribution in [0.2, 0.25) is 0 Å². The van der Waals surface area contributed by atoms with Gasteiger partial charge >= 0.3 is 0 Å². The van der Waals surface area contributed by atoms with Crippen molar-refractivity contribution >= 4 is 56.5 Å². The van der Waals surface area contributed by atoms with E-state index in [1.165, 1.54) is 11.1 Å². The van der Waals surface area contributed by atoms with Crippen molar-refractivity contribution in [3.63, 3.8) is 0 Å². The van der Waals surface area contributed by atoms with Crippen molar-refractivity contribution in [2.75, 3.05) is 9.80 Å². The number of pyridine rings is 2. The molecule has 0 aliphatic carbocycles. The van der Waals surface area contributed by atoms with Crippen LogP contribution in [-0.2, 0) is 0 Å². The maximum Gasteiger partial charge on any atom is 0.137 e. The van der Waals surface area contributed by atoms with E-state index in [4.69, 9.17) is 19.9 Å². The molecule has 0 aliphatic heterocycles. The first-order valence-electron chi connectivity index (χ1n) is 22.8. The SMILES string of the molecule is Cc1cc2nc(-c3ccc(N(c4ccccc4)c4ccc(-c5cn6ccccc6n5)cc4)cc3)c(-c3ccc(N(c4ccccc4)c4ccc(-c5cn6ccccc6n5)cc4)cc3)nc2cc1C. The third kappa shape index (κ3) is 7.59. The first-order chi connectivity index (χ1) is 33.5. The molecule has 0 bridgehead atoms. The summed E-state index contributed by atoms with van der Waals surface area (Å²) in [6.07, 6.45) is 8.20. The van der Waals surface area contributed by atoms with Gasteiger partial charge in [0.25, 0.3) is 0 Å². The minimum atomic E-state index is 0.825. The summed E-state index contributed by atoms with van der Waals surface area (Å²) < 4.78 is 4.10. The lowest BCUT2D eigenvalue weighted by atomic mass is 10.0. The molecule has 0 unspecified atom stereocenters. The van der Waals surface area contributed by atoms with Crippen LogP contribution >= 0.6 is 0 Å². The molecule has 324 valence electrons. The molecule has 0 N–H and O–H groups in total. The van der Waals surface area contributed by atoms with Crippen LogP contribution in [-0.4, -0.2) is 28.7 Å². The lowest BCUT2D eigenvalue weighted by Crippen LogP contribution is -2.10. The predicted octanol–water partition coefficient (Wildman–Crippen LogP) is 15.1. The van der Waals surface area contributed by atoms with Gasteiger partial charge in [-0.2, -0.15) is 0 Å². The van der Waals surface area contributed by atoms with Gasteiger partial charge in [-0.1, -0.05) is 97.1 Å². The molecular weight excluding hydrogens is 833 g/mol. The molecule has 0 amide bonds. The number of para-hydroxylation sites is 2. The Morgan fingerprint density at radius 1 is 0.324 bits per heavy atom. The lowest BCUT2D eigenvalue weighted by Gasteiger charge is -2.26. The van der Waals surface area contributed by atoms with E-state index in [1.807, 2.05) is 60.9 Å². The fraction of sp³-hybridized carbons (Fsp3) is 0.0333. The smallest absolute Gasteiger partial charge is 0.137 e. The summed E-state index contributed by atoms with van der Waals surface area (Å²) >= 11 is 0. The quantitative estimate of drug-likeness (QED) is 0.136. The summed E-state index contributed by atoms with van der Waals surface area (Å²) in [6, 6.07) is 72.0. The van der Waals surface area contributed by atoms with Crippen molar-refractivity contribution in [2.24, 2.45) is 0 Å². The molecular formula is C60H44N8. The van der Waals surface area contributed by atoms with Crippen molar-refractivity contribution < 1.29 is 0 Å². The van der Waals surface area contributed by atoms with Crippen LogP contribution in [0, 0.1) is 13.8 Å². The van der Waals surface area contributed by atoms with Gasteiger partial charge in [0.05, 0.1) is 33.8 Å². The van der Waals surface area contributed by atoms with E-state index in [1.54, 1.807) is 0 Å². The number of hydrogen-bond acceptors (Lipinski definition) is 6. The Morgan fingerprint density at radius 3 is 1.00 bits per heavy atom. The van der Waals surface area contributed by atoms with Crippen LogP contribution in [0.4, 0.5) is 34.1 Å². The first kappa shape index (κ1) is 40.4. The van der Waals surface area contributed by atoms with Crippen LogP contribution < -0.4 is 9.80 Å². The van der Waals surface area contributed by atoms with E-state index in [9.17, 15) is 0 Å². The number of hydrogen-bond donors (Lipinski definition) is 0. The fourth-order valence-electron chi connectivity index (χ4n) is 9.01. The molecule has 5 aromatic heterocycles. The molecule has 0 fully saturated rings. The van der Waals surface area contributed by atoms with Crippen molar-refractivity contribution in [2.45, 2.75) is 13.8 Å². The van der Waals surface area contributed by atoms with Gasteiger partial charge in [-0.15, -0.1) is 0 Å². The predicted molar refractivity (Wildman–Crippen MR) is 278 cm³/mol. The van der Waals surface area contributed by atoms with Gasteiger partial charge in [0.2, 0.25) is 0 Å². The third-order valence-corrected chi connectivity index (χ3v) is 12.7. The fourth-order valence-corrected chi connectivity index (χ4v) is 9.01. The van der Waals surface area contributed by atoms with E-state index in [0.29, 0.717) is 0 Å². The van der Waals surface area contributed by atoms with E-state index in [0.717, 1.165) is 101 Å². The Bertz CT molecular complexity index is 3420.